The van der Waals surface area contributed by atoms with Gasteiger partial charge < -0.3 is 15.0 Å². The molecular weight excluding hydrogens is 200 g/mol. The monoisotopic (exact) mass is 228 g/mol. The van der Waals surface area contributed by atoms with Crippen molar-refractivity contribution in [2.45, 2.75) is 45.7 Å². The van der Waals surface area contributed by atoms with Crippen molar-refractivity contribution in [3.63, 3.8) is 0 Å². The summed E-state index contributed by atoms with van der Waals surface area (Å²) in [6.45, 7) is 9.93. The summed E-state index contributed by atoms with van der Waals surface area (Å²) >= 11 is 0. The molecule has 96 valence electrons. The lowest BCUT2D eigenvalue weighted by Crippen LogP contribution is -2.48. The van der Waals surface area contributed by atoms with Crippen LogP contribution in [0, 0.1) is 5.41 Å². The first-order valence-electron chi connectivity index (χ1n) is 6.42. The Balaban J connectivity index is 2.45. The van der Waals surface area contributed by atoms with Crippen LogP contribution >= 0.6 is 0 Å². The molecule has 3 nitrogen and oxygen atoms in total. The van der Waals surface area contributed by atoms with Gasteiger partial charge in [-0.2, -0.15) is 0 Å². The van der Waals surface area contributed by atoms with Gasteiger partial charge in [-0.05, 0) is 39.3 Å². The molecule has 3 heteroatoms. The van der Waals surface area contributed by atoms with Crippen LogP contribution in [0.25, 0.3) is 0 Å². The molecule has 0 aromatic heterocycles. The molecule has 1 saturated heterocycles. The normalized spacial score (nSPS) is 21.4. The number of nitrogens with zero attached hydrogens (tertiary/aromatic N) is 1. The predicted octanol–water partition coefficient (Wildman–Crippen LogP) is 1.73. The van der Waals surface area contributed by atoms with Crippen molar-refractivity contribution < 1.29 is 4.74 Å². The van der Waals surface area contributed by atoms with Crippen LogP contribution in [0.2, 0.25) is 0 Å². The lowest BCUT2D eigenvalue weighted by molar-refractivity contribution is 0.0276. The highest BCUT2D eigenvalue weighted by molar-refractivity contribution is 4.84. The van der Waals surface area contributed by atoms with Crippen molar-refractivity contribution in [3.8, 4) is 0 Å². The van der Waals surface area contributed by atoms with Gasteiger partial charge in [0.1, 0.15) is 0 Å². The Morgan fingerprint density at radius 2 is 1.94 bits per heavy atom. The molecule has 0 bridgehead atoms. The number of hydrogen-bond acceptors (Lipinski definition) is 3. The quantitative estimate of drug-likeness (QED) is 0.775. The van der Waals surface area contributed by atoms with Crippen molar-refractivity contribution in [3.05, 3.63) is 0 Å². The van der Waals surface area contributed by atoms with Crippen LogP contribution in [0.4, 0.5) is 0 Å². The van der Waals surface area contributed by atoms with Crippen LogP contribution in [0.5, 0.6) is 0 Å². The number of nitrogens with one attached hydrogen (secondary N) is 1. The van der Waals surface area contributed by atoms with Crippen molar-refractivity contribution in [1.29, 1.82) is 0 Å². The molecule has 1 fully saturated rings. The fourth-order valence-electron chi connectivity index (χ4n) is 2.43. The summed E-state index contributed by atoms with van der Waals surface area (Å²) in [6, 6.07) is 1.24. The molecular formula is C13H28N2O. The Hall–Kier alpha value is -0.120. The highest BCUT2D eigenvalue weighted by Gasteiger charge is 2.29. The third kappa shape index (κ3) is 3.72. The van der Waals surface area contributed by atoms with E-state index >= 15 is 0 Å². The zero-order valence-corrected chi connectivity index (χ0v) is 11.5. The van der Waals surface area contributed by atoms with Gasteiger partial charge in [-0.3, -0.25) is 0 Å². The highest BCUT2D eigenvalue weighted by atomic mass is 16.5. The van der Waals surface area contributed by atoms with E-state index < -0.39 is 0 Å². The standard InChI is InChI=1S/C13H28N2O/c1-11(14-4)13(2,3)10-15(5)12-6-8-16-9-7-12/h11-12,14H,6-10H2,1-5H3. The van der Waals surface area contributed by atoms with E-state index in [-0.39, 0.29) is 0 Å². The Labute approximate surface area is 101 Å². The van der Waals surface area contributed by atoms with Gasteiger partial charge in [-0.25, -0.2) is 0 Å². The third-order valence-corrected chi connectivity index (χ3v) is 4.08. The third-order valence-electron chi connectivity index (χ3n) is 4.08. The first kappa shape index (κ1) is 13.9. The molecule has 1 aliphatic heterocycles. The van der Waals surface area contributed by atoms with Crippen LogP contribution in [-0.4, -0.2) is 50.8 Å². The van der Waals surface area contributed by atoms with Gasteiger partial charge in [-0.15, -0.1) is 0 Å². The van der Waals surface area contributed by atoms with Crippen molar-refractivity contribution in [2.24, 2.45) is 5.41 Å². The van der Waals surface area contributed by atoms with Gasteiger partial charge in [0.05, 0.1) is 0 Å². The van der Waals surface area contributed by atoms with Gasteiger partial charge in [-0.1, -0.05) is 13.8 Å². The largest absolute Gasteiger partial charge is 0.381 e. The maximum atomic E-state index is 5.41. The maximum Gasteiger partial charge on any atom is 0.0480 e. The highest BCUT2D eigenvalue weighted by Crippen LogP contribution is 2.24. The van der Waals surface area contributed by atoms with Gasteiger partial charge in [0.2, 0.25) is 0 Å². The van der Waals surface area contributed by atoms with E-state index in [1.165, 1.54) is 12.8 Å². The Bertz CT molecular complexity index is 200. The Morgan fingerprint density at radius 1 is 1.38 bits per heavy atom. The molecule has 0 saturated carbocycles. The summed E-state index contributed by atoms with van der Waals surface area (Å²) < 4.78 is 5.41. The average Bonchev–Trinajstić information content (AvgIpc) is 2.28. The molecule has 0 aromatic rings. The first-order chi connectivity index (χ1) is 7.47. The second-order valence-electron chi connectivity index (χ2n) is 5.76. The van der Waals surface area contributed by atoms with Gasteiger partial charge >= 0.3 is 0 Å². The SMILES string of the molecule is CNC(C)C(C)(C)CN(C)C1CCOCC1. The molecule has 0 aromatic carbocycles. The first-order valence-corrected chi connectivity index (χ1v) is 6.42. The van der Waals surface area contributed by atoms with Crippen LogP contribution in [0.3, 0.4) is 0 Å². The fraction of sp³-hybridized carbons (Fsp3) is 1.00. The molecule has 1 rings (SSSR count). The lowest BCUT2D eigenvalue weighted by atomic mass is 9.84. The minimum absolute atomic E-state index is 0.307. The summed E-state index contributed by atoms with van der Waals surface area (Å²) in [6.07, 6.45) is 2.36. The van der Waals surface area contributed by atoms with Gasteiger partial charge in [0.15, 0.2) is 0 Å². The van der Waals surface area contributed by atoms with E-state index in [0.717, 1.165) is 19.8 Å². The smallest absolute Gasteiger partial charge is 0.0480 e. The van der Waals surface area contributed by atoms with E-state index in [4.69, 9.17) is 4.74 Å². The summed E-state index contributed by atoms with van der Waals surface area (Å²) in [5.74, 6) is 0. The van der Waals surface area contributed by atoms with Crippen molar-refractivity contribution in [1.82, 2.24) is 10.2 Å². The summed E-state index contributed by atoms with van der Waals surface area (Å²) in [4.78, 5) is 2.51. The van der Waals surface area contributed by atoms with Crippen LogP contribution in [0.15, 0.2) is 0 Å². The van der Waals surface area contributed by atoms with E-state index in [1.54, 1.807) is 0 Å². The molecule has 0 spiro atoms. The second-order valence-corrected chi connectivity index (χ2v) is 5.76. The number of ether oxygens (including phenoxy) is 1. The van der Waals surface area contributed by atoms with Crippen molar-refractivity contribution >= 4 is 0 Å². The van der Waals surface area contributed by atoms with E-state index in [9.17, 15) is 0 Å². The molecule has 1 N–H and O–H groups in total. The lowest BCUT2D eigenvalue weighted by Gasteiger charge is -2.39. The second kappa shape index (κ2) is 5.99. The molecule has 1 unspecified atom stereocenters. The number of rotatable bonds is 5. The minimum Gasteiger partial charge on any atom is -0.381 e. The zero-order chi connectivity index (χ0) is 12.2. The molecule has 16 heavy (non-hydrogen) atoms. The average molecular weight is 228 g/mol. The van der Waals surface area contributed by atoms with Gasteiger partial charge in [0, 0.05) is 31.8 Å². The van der Waals surface area contributed by atoms with E-state index in [0.29, 0.717) is 17.5 Å². The van der Waals surface area contributed by atoms with Crippen LogP contribution in [0.1, 0.15) is 33.6 Å². The molecule has 1 atom stereocenters. The van der Waals surface area contributed by atoms with Crippen molar-refractivity contribution in [2.75, 3.05) is 33.9 Å². The van der Waals surface area contributed by atoms with Gasteiger partial charge in [0.25, 0.3) is 0 Å². The molecule has 0 aliphatic carbocycles. The van der Waals surface area contributed by atoms with Crippen LogP contribution < -0.4 is 5.32 Å². The predicted molar refractivity (Wildman–Crippen MR) is 68.8 cm³/mol. The molecule has 1 aliphatic rings. The summed E-state index contributed by atoms with van der Waals surface area (Å²) in [5.41, 5.74) is 0.307. The molecule has 0 radical (unpaired) electrons. The fourth-order valence-corrected chi connectivity index (χ4v) is 2.43. The summed E-state index contributed by atoms with van der Waals surface area (Å²) in [7, 11) is 4.29. The van der Waals surface area contributed by atoms with E-state index in [1.807, 2.05) is 7.05 Å². The minimum atomic E-state index is 0.307. The molecule has 0 amide bonds. The molecule has 1 heterocycles. The zero-order valence-electron chi connectivity index (χ0n) is 11.5. The topological polar surface area (TPSA) is 24.5 Å². The summed E-state index contributed by atoms with van der Waals surface area (Å²) in [5, 5.41) is 3.36. The van der Waals surface area contributed by atoms with E-state index in [2.05, 4.69) is 38.0 Å². The van der Waals surface area contributed by atoms with Crippen LogP contribution in [-0.2, 0) is 4.74 Å². The number of hydrogen-bond donors (Lipinski definition) is 1. The maximum absolute atomic E-state index is 5.41. The Kier molecular flexibility index (Phi) is 5.22. The Morgan fingerprint density at radius 3 is 2.44 bits per heavy atom.